The number of carbonyl (C=O) groups excluding carboxylic acids is 1. The Morgan fingerprint density at radius 2 is 2.00 bits per heavy atom. The fourth-order valence-corrected chi connectivity index (χ4v) is 4.72. The van der Waals surface area contributed by atoms with E-state index < -0.39 is 44.4 Å². The van der Waals surface area contributed by atoms with Crippen LogP contribution in [0.5, 0.6) is 0 Å². The molecule has 164 valence electrons. The Morgan fingerprint density at radius 1 is 1.29 bits per heavy atom. The highest BCUT2D eigenvalue weighted by Crippen LogP contribution is 2.33. The van der Waals surface area contributed by atoms with E-state index in [9.17, 15) is 22.4 Å². The summed E-state index contributed by atoms with van der Waals surface area (Å²) in [6.45, 7) is 3.24. The minimum absolute atomic E-state index is 0.109. The summed E-state index contributed by atoms with van der Waals surface area (Å²) in [6.07, 6.45) is 0. The van der Waals surface area contributed by atoms with Gasteiger partial charge < -0.3 is 10.2 Å². The number of amides is 1. The molecule has 9 nitrogen and oxygen atoms in total. The third-order valence-electron chi connectivity index (χ3n) is 4.65. The first-order valence-corrected chi connectivity index (χ1v) is 10.8. The van der Waals surface area contributed by atoms with E-state index in [4.69, 9.17) is 21.8 Å². The number of sulfonamides is 1. The Kier molecular flexibility index (Phi) is 6.30. The number of H-pyrrole nitrogens is 1. The van der Waals surface area contributed by atoms with Crippen molar-refractivity contribution in [3.05, 3.63) is 80.4 Å². The Hall–Kier alpha value is -3.02. The predicted octanol–water partition coefficient (Wildman–Crippen LogP) is 2.39. The van der Waals surface area contributed by atoms with Crippen LogP contribution >= 0.6 is 11.6 Å². The quantitative estimate of drug-likeness (QED) is 0.484. The van der Waals surface area contributed by atoms with E-state index in [2.05, 4.69) is 9.82 Å². The summed E-state index contributed by atoms with van der Waals surface area (Å²) in [5.41, 5.74) is 5.79. The Morgan fingerprint density at radius 3 is 2.58 bits per heavy atom. The smallest absolute Gasteiger partial charge is 0.391 e. The molecule has 0 saturated heterocycles. The highest BCUT2D eigenvalue weighted by Gasteiger charge is 2.33. The molecule has 3 rings (SSSR count). The predicted molar refractivity (Wildman–Crippen MR) is 110 cm³/mol. The fourth-order valence-electron chi connectivity index (χ4n) is 3.08. The van der Waals surface area contributed by atoms with Crippen LogP contribution in [0.25, 0.3) is 0 Å². The van der Waals surface area contributed by atoms with Gasteiger partial charge in [-0.15, -0.1) is 5.10 Å². The van der Waals surface area contributed by atoms with Crippen molar-refractivity contribution in [2.24, 2.45) is 5.73 Å². The second-order valence-electron chi connectivity index (χ2n) is 6.87. The number of nitrogens with zero attached hydrogens (tertiary/aromatic N) is 1. The van der Waals surface area contributed by atoms with Gasteiger partial charge in [0, 0.05) is 10.9 Å². The molecule has 0 aliphatic rings. The molecule has 1 heterocycles. The molecule has 0 bridgehead atoms. The van der Waals surface area contributed by atoms with E-state index >= 15 is 0 Å². The van der Waals surface area contributed by atoms with Gasteiger partial charge >= 0.3 is 5.76 Å². The van der Waals surface area contributed by atoms with Crippen LogP contribution < -0.4 is 16.2 Å². The van der Waals surface area contributed by atoms with Crippen LogP contribution in [0.4, 0.5) is 4.39 Å². The maximum absolute atomic E-state index is 14.6. The number of nitrogens with one attached hydrogen (secondary N) is 2. The summed E-state index contributed by atoms with van der Waals surface area (Å²) < 4.78 is 48.1. The van der Waals surface area contributed by atoms with E-state index in [0.29, 0.717) is 5.56 Å². The fraction of sp³-hybridized carbons (Fsp3) is 0.211. The number of hydrogen-bond acceptors (Lipinski definition) is 6. The van der Waals surface area contributed by atoms with E-state index in [1.807, 2.05) is 5.10 Å². The molecule has 3 aromatic rings. The molecule has 1 aromatic heterocycles. The van der Waals surface area contributed by atoms with Crippen LogP contribution in [-0.4, -0.2) is 24.5 Å². The topological polar surface area (TPSA) is 148 Å². The lowest BCUT2D eigenvalue weighted by molar-refractivity contribution is 0.0997. The monoisotopic (exact) mass is 468 g/mol. The number of halogens is 2. The third kappa shape index (κ3) is 4.84. The number of rotatable bonds is 7. The van der Waals surface area contributed by atoms with Gasteiger partial charge in [-0.1, -0.05) is 30.7 Å². The minimum atomic E-state index is -4.41. The number of benzene rings is 2. The summed E-state index contributed by atoms with van der Waals surface area (Å²) in [7, 11) is -4.41. The number of carbonyl (C=O) groups is 1. The van der Waals surface area contributed by atoms with Crippen molar-refractivity contribution in [2.75, 3.05) is 0 Å². The summed E-state index contributed by atoms with van der Waals surface area (Å²) in [4.78, 5) is 22.8. The van der Waals surface area contributed by atoms with Crippen LogP contribution in [0, 0.1) is 12.7 Å². The molecule has 0 aliphatic heterocycles. The molecule has 4 N–H and O–H groups in total. The summed E-state index contributed by atoms with van der Waals surface area (Å²) in [5, 5.41) is 5.85. The van der Waals surface area contributed by atoms with Gasteiger partial charge in [0.15, 0.2) is 0 Å². The van der Waals surface area contributed by atoms with Gasteiger partial charge in [0.25, 0.3) is 0 Å². The van der Waals surface area contributed by atoms with Crippen molar-refractivity contribution in [2.45, 2.75) is 30.7 Å². The molecular weight excluding hydrogens is 451 g/mol. The van der Waals surface area contributed by atoms with Gasteiger partial charge in [-0.05, 0) is 42.3 Å². The van der Waals surface area contributed by atoms with E-state index in [1.165, 1.54) is 25.1 Å². The number of primary amides is 1. The maximum atomic E-state index is 14.6. The van der Waals surface area contributed by atoms with E-state index in [1.54, 1.807) is 13.0 Å². The molecular formula is C19H18ClFN4O5S. The third-order valence-corrected chi connectivity index (χ3v) is 6.38. The van der Waals surface area contributed by atoms with Gasteiger partial charge in [0.05, 0.1) is 10.5 Å². The van der Waals surface area contributed by atoms with Gasteiger partial charge in [-0.2, -0.15) is 4.72 Å². The van der Waals surface area contributed by atoms with E-state index in [0.717, 1.165) is 12.1 Å². The second kappa shape index (κ2) is 8.61. The number of aromatic nitrogens is 2. The molecule has 2 atom stereocenters. The number of nitrogens with two attached hydrogens (primary N) is 1. The number of aromatic amines is 1. The van der Waals surface area contributed by atoms with Crippen LogP contribution in [-0.2, 0) is 10.0 Å². The standard InChI is InChI=1S/C19H18ClFN4O5S/c1-9-3-5-12(14(21)7-9)10(2)16(18-23-24-19(27)30-18)25-31(28,29)15-6-4-11(20)8-13(15)17(22)26/h3-8,10,16,25H,1-2H3,(H2,22,26)(H,24,27)/t10-,16+/m1/s1. The van der Waals surface area contributed by atoms with Crippen molar-refractivity contribution in [3.63, 3.8) is 0 Å². The Balaban J connectivity index is 2.09. The lowest BCUT2D eigenvalue weighted by Gasteiger charge is -2.23. The van der Waals surface area contributed by atoms with Crippen molar-refractivity contribution < 1.29 is 22.0 Å². The lowest BCUT2D eigenvalue weighted by Crippen LogP contribution is -2.34. The van der Waals surface area contributed by atoms with Crippen LogP contribution in [0.15, 0.2) is 50.5 Å². The van der Waals surface area contributed by atoms with Crippen molar-refractivity contribution in [3.8, 4) is 0 Å². The largest absolute Gasteiger partial charge is 0.434 e. The molecule has 0 aliphatic carbocycles. The Bertz CT molecular complexity index is 1300. The van der Waals surface area contributed by atoms with Crippen molar-refractivity contribution in [1.29, 1.82) is 0 Å². The second-order valence-corrected chi connectivity index (χ2v) is 8.99. The normalized spacial score (nSPS) is 13.7. The van der Waals surface area contributed by atoms with Crippen LogP contribution in [0.2, 0.25) is 5.02 Å². The summed E-state index contributed by atoms with van der Waals surface area (Å²) >= 11 is 5.85. The highest BCUT2D eigenvalue weighted by molar-refractivity contribution is 7.89. The van der Waals surface area contributed by atoms with E-state index in [-0.39, 0.29) is 22.0 Å². The Labute approximate surface area is 181 Å². The average molecular weight is 469 g/mol. The number of aryl methyl sites for hydroxylation is 1. The zero-order valence-electron chi connectivity index (χ0n) is 16.3. The zero-order valence-corrected chi connectivity index (χ0v) is 17.9. The van der Waals surface area contributed by atoms with Crippen LogP contribution in [0.1, 0.15) is 46.3 Å². The average Bonchev–Trinajstić information content (AvgIpc) is 3.11. The van der Waals surface area contributed by atoms with Gasteiger partial charge in [-0.25, -0.2) is 22.7 Å². The number of hydrogen-bond donors (Lipinski definition) is 3. The molecule has 0 radical (unpaired) electrons. The van der Waals surface area contributed by atoms with Crippen LogP contribution in [0.3, 0.4) is 0 Å². The molecule has 12 heteroatoms. The molecule has 0 spiro atoms. The van der Waals surface area contributed by atoms with Crippen molar-refractivity contribution in [1.82, 2.24) is 14.9 Å². The summed E-state index contributed by atoms with van der Waals surface area (Å²) in [6, 6.07) is 6.66. The van der Waals surface area contributed by atoms with Crippen molar-refractivity contribution >= 4 is 27.5 Å². The van der Waals surface area contributed by atoms with Gasteiger partial charge in [0.2, 0.25) is 21.8 Å². The van der Waals surface area contributed by atoms with Gasteiger partial charge in [0.1, 0.15) is 11.9 Å². The highest BCUT2D eigenvalue weighted by atomic mass is 35.5. The summed E-state index contributed by atoms with van der Waals surface area (Å²) in [5.74, 6) is -3.66. The SMILES string of the molecule is Cc1ccc([C@@H](C)[C@H](NS(=O)(=O)c2ccc(Cl)cc2C(N)=O)c2n[nH]c(=O)o2)c(F)c1. The molecule has 0 fully saturated rings. The first-order chi connectivity index (χ1) is 14.5. The molecule has 0 unspecified atom stereocenters. The molecule has 31 heavy (non-hydrogen) atoms. The van der Waals surface area contributed by atoms with Gasteiger partial charge in [-0.3, -0.25) is 4.79 Å². The first-order valence-electron chi connectivity index (χ1n) is 8.92. The zero-order chi connectivity index (χ0) is 22.9. The molecule has 0 saturated carbocycles. The minimum Gasteiger partial charge on any atom is -0.391 e. The maximum Gasteiger partial charge on any atom is 0.434 e. The lowest BCUT2D eigenvalue weighted by atomic mass is 9.92. The first kappa shape index (κ1) is 22.7. The molecule has 1 amide bonds. The molecule has 2 aromatic carbocycles.